The Bertz CT molecular complexity index is 1300. The summed E-state index contributed by atoms with van der Waals surface area (Å²) >= 11 is 1.78. The lowest BCUT2D eigenvalue weighted by Gasteiger charge is -2.28. The lowest BCUT2D eigenvalue weighted by Crippen LogP contribution is -2.31. The summed E-state index contributed by atoms with van der Waals surface area (Å²) in [4.78, 5) is 29.0. The van der Waals surface area contributed by atoms with Gasteiger partial charge in [0, 0.05) is 35.6 Å². The summed E-state index contributed by atoms with van der Waals surface area (Å²) < 4.78 is 1.64. The highest BCUT2D eigenvalue weighted by atomic mass is 32.2. The van der Waals surface area contributed by atoms with E-state index in [0.29, 0.717) is 22.2 Å². The average molecular weight is 460 g/mol. The number of aromatic nitrogens is 6. The second-order valence-electron chi connectivity index (χ2n) is 8.45. The Balaban J connectivity index is 1.31. The third-order valence-electron chi connectivity index (χ3n) is 5.85. The fraction of sp³-hybridized carbons (Fsp3) is 0.333. The molecule has 8 nitrogen and oxygen atoms in total. The first-order valence-corrected chi connectivity index (χ1v) is 11.9. The number of aryl methyl sites for hydroxylation is 1. The minimum Gasteiger partial charge on any atom is -0.306 e. The molecule has 0 spiro atoms. The average Bonchev–Trinajstić information content (AvgIpc) is 3.26. The Morgan fingerprint density at radius 2 is 1.94 bits per heavy atom. The fourth-order valence-corrected chi connectivity index (χ4v) is 5.05. The van der Waals surface area contributed by atoms with E-state index in [4.69, 9.17) is 4.98 Å². The van der Waals surface area contributed by atoms with Gasteiger partial charge in [-0.1, -0.05) is 5.21 Å². The number of piperidine rings is 1. The Kier molecular flexibility index (Phi) is 6.15. The van der Waals surface area contributed by atoms with Crippen molar-refractivity contribution in [3.63, 3.8) is 0 Å². The van der Waals surface area contributed by atoms with Crippen molar-refractivity contribution >= 4 is 28.4 Å². The third kappa shape index (κ3) is 5.09. The summed E-state index contributed by atoms with van der Waals surface area (Å²) in [7, 11) is 3.98. The Labute approximate surface area is 196 Å². The van der Waals surface area contributed by atoms with Crippen molar-refractivity contribution in [1.29, 1.82) is 0 Å². The van der Waals surface area contributed by atoms with Gasteiger partial charge in [-0.15, -0.1) is 16.9 Å². The molecule has 0 amide bonds. The topological polar surface area (TPSA) is 89.7 Å². The van der Waals surface area contributed by atoms with Gasteiger partial charge in [0.15, 0.2) is 5.78 Å². The summed E-state index contributed by atoms with van der Waals surface area (Å²) in [6.45, 7) is 2.22. The van der Waals surface area contributed by atoms with Gasteiger partial charge in [0.05, 0.1) is 34.5 Å². The predicted octanol–water partition coefficient (Wildman–Crippen LogP) is 3.43. The molecule has 4 aromatic rings. The van der Waals surface area contributed by atoms with E-state index >= 15 is 0 Å². The van der Waals surface area contributed by atoms with Crippen LogP contribution in [0, 0.1) is 0 Å². The lowest BCUT2D eigenvalue weighted by atomic mass is 10.1. The Morgan fingerprint density at radius 3 is 2.73 bits per heavy atom. The second-order valence-corrected chi connectivity index (χ2v) is 9.77. The summed E-state index contributed by atoms with van der Waals surface area (Å²) in [6.07, 6.45) is 7.82. The van der Waals surface area contributed by atoms with Crippen molar-refractivity contribution in [3.05, 3.63) is 60.2 Å². The zero-order valence-corrected chi connectivity index (χ0v) is 19.5. The number of ketones is 1. The quantitative estimate of drug-likeness (QED) is 0.405. The number of hydrogen-bond donors (Lipinski definition) is 0. The van der Waals surface area contributed by atoms with Crippen molar-refractivity contribution < 1.29 is 4.79 Å². The molecule has 1 saturated heterocycles. The van der Waals surface area contributed by atoms with Gasteiger partial charge in [-0.05, 0) is 63.3 Å². The molecule has 1 aliphatic heterocycles. The van der Waals surface area contributed by atoms with Crippen molar-refractivity contribution in [3.8, 4) is 11.4 Å². The standard InChI is InChI=1S/C24H25N7OS/c1-30-9-6-19(7-10-30)33-24-11-16(5-8-25-24)23(32)13-18-12-21-17(14-26-18)3-4-20(27-21)22-15-31(2)29-28-22/h3-5,8,11-12,14-15,19H,6-7,9-10,13H2,1-2H3. The largest absolute Gasteiger partial charge is 0.306 e. The van der Waals surface area contributed by atoms with Gasteiger partial charge in [-0.25, -0.2) is 9.97 Å². The Hall–Kier alpha value is -3.17. The van der Waals surface area contributed by atoms with Crippen LogP contribution in [0.3, 0.4) is 0 Å². The van der Waals surface area contributed by atoms with Crippen LogP contribution in [0.5, 0.6) is 0 Å². The molecule has 0 unspecified atom stereocenters. The van der Waals surface area contributed by atoms with Gasteiger partial charge in [-0.2, -0.15) is 0 Å². The molecule has 0 N–H and O–H groups in total. The van der Waals surface area contributed by atoms with Crippen LogP contribution in [-0.4, -0.2) is 66.0 Å². The van der Waals surface area contributed by atoms with Crippen LogP contribution in [0.15, 0.2) is 53.9 Å². The minimum atomic E-state index is 0.0274. The van der Waals surface area contributed by atoms with Crippen LogP contribution in [0.25, 0.3) is 22.3 Å². The monoisotopic (exact) mass is 459 g/mol. The van der Waals surface area contributed by atoms with Gasteiger partial charge in [0.1, 0.15) is 5.69 Å². The molecule has 168 valence electrons. The normalized spacial score (nSPS) is 15.2. The van der Waals surface area contributed by atoms with E-state index in [0.717, 1.165) is 47.6 Å². The number of rotatable bonds is 6. The first kappa shape index (κ1) is 21.7. The van der Waals surface area contributed by atoms with Crippen LogP contribution >= 0.6 is 11.8 Å². The zero-order valence-electron chi connectivity index (χ0n) is 18.7. The molecule has 9 heteroatoms. The van der Waals surface area contributed by atoms with Crippen LogP contribution in [0.2, 0.25) is 0 Å². The number of Topliss-reactive ketones (excluding diaryl/α,β-unsaturated/α-hetero) is 1. The molecule has 5 heterocycles. The molecule has 0 saturated carbocycles. The minimum absolute atomic E-state index is 0.0274. The molecule has 4 aromatic heterocycles. The van der Waals surface area contributed by atoms with Crippen molar-refractivity contribution in [2.24, 2.45) is 7.05 Å². The molecule has 33 heavy (non-hydrogen) atoms. The van der Waals surface area contributed by atoms with E-state index in [2.05, 4.69) is 32.2 Å². The van der Waals surface area contributed by atoms with E-state index in [9.17, 15) is 4.79 Å². The van der Waals surface area contributed by atoms with Gasteiger partial charge in [-0.3, -0.25) is 14.5 Å². The highest BCUT2D eigenvalue weighted by molar-refractivity contribution is 7.99. The molecular weight excluding hydrogens is 434 g/mol. The molecule has 0 atom stereocenters. The predicted molar refractivity (Wildman–Crippen MR) is 128 cm³/mol. The molecule has 0 aliphatic carbocycles. The smallest absolute Gasteiger partial charge is 0.168 e. The first-order chi connectivity index (χ1) is 16.0. The molecule has 0 aromatic carbocycles. The number of nitrogens with zero attached hydrogens (tertiary/aromatic N) is 7. The number of pyridine rings is 3. The SMILES string of the molecule is CN1CCC(Sc2cc(C(=O)Cc3cc4nc(-c5cn(C)nn5)ccc4cn3)ccn2)CC1. The zero-order chi connectivity index (χ0) is 22.8. The van der Waals surface area contributed by atoms with Crippen LogP contribution in [0.4, 0.5) is 0 Å². The number of carbonyl (C=O) groups is 1. The highest BCUT2D eigenvalue weighted by Crippen LogP contribution is 2.29. The highest BCUT2D eigenvalue weighted by Gasteiger charge is 2.19. The molecular formula is C24H25N7OS. The maximum Gasteiger partial charge on any atom is 0.168 e. The van der Waals surface area contributed by atoms with Gasteiger partial charge >= 0.3 is 0 Å². The van der Waals surface area contributed by atoms with E-state index < -0.39 is 0 Å². The number of carbonyl (C=O) groups excluding carboxylic acids is 1. The van der Waals surface area contributed by atoms with Crippen molar-refractivity contribution in [2.45, 2.75) is 29.5 Å². The molecule has 0 bridgehead atoms. The van der Waals surface area contributed by atoms with E-state index in [1.165, 1.54) is 0 Å². The van der Waals surface area contributed by atoms with E-state index in [-0.39, 0.29) is 12.2 Å². The molecule has 0 radical (unpaired) electrons. The van der Waals surface area contributed by atoms with Crippen molar-refractivity contribution in [2.75, 3.05) is 20.1 Å². The number of hydrogen-bond acceptors (Lipinski definition) is 8. The number of likely N-dealkylation sites (tertiary alicyclic amines) is 1. The summed E-state index contributed by atoms with van der Waals surface area (Å²) in [5, 5.41) is 10.5. The number of fused-ring (bicyclic) bond motifs is 1. The summed E-state index contributed by atoms with van der Waals surface area (Å²) in [5.41, 5.74) is 3.59. The molecule has 1 fully saturated rings. The first-order valence-electron chi connectivity index (χ1n) is 11.0. The van der Waals surface area contributed by atoms with E-state index in [1.807, 2.05) is 37.5 Å². The van der Waals surface area contributed by atoms with Gasteiger partial charge in [0.25, 0.3) is 0 Å². The Morgan fingerprint density at radius 1 is 1.09 bits per heavy atom. The summed E-state index contributed by atoms with van der Waals surface area (Å²) in [6, 6.07) is 9.44. The molecule has 1 aliphatic rings. The maximum absolute atomic E-state index is 13.0. The van der Waals surface area contributed by atoms with Gasteiger partial charge < -0.3 is 4.90 Å². The van der Waals surface area contributed by atoms with Crippen molar-refractivity contribution in [1.82, 2.24) is 34.8 Å². The lowest BCUT2D eigenvalue weighted by molar-refractivity contribution is 0.0991. The fourth-order valence-electron chi connectivity index (χ4n) is 3.95. The van der Waals surface area contributed by atoms with Crippen LogP contribution < -0.4 is 0 Å². The third-order valence-corrected chi connectivity index (χ3v) is 7.12. The summed E-state index contributed by atoms with van der Waals surface area (Å²) in [5.74, 6) is 0.0274. The second kappa shape index (κ2) is 9.36. The number of thioether (sulfide) groups is 1. The van der Waals surface area contributed by atoms with Gasteiger partial charge in [0.2, 0.25) is 0 Å². The maximum atomic E-state index is 13.0. The van der Waals surface area contributed by atoms with Crippen LogP contribution in [0.1, 0.15) is 28.9 Å². The van der Waals surface area contributed by atoms with Crippen LogP contribution in [-0.2, 0) is 13.5 Å². The molecule has 5 rings (SSSR count). The van der Waals surface area contributed by atoms with E-state index in [1.54, 1.807) is 34.9 Å².